The van der Waals surface area contributed by atoms with E-state index in [1.54, 1.807) is 6.08 Å². The highest BCUT2D eigenvalue weighted by molar-refractivity contribution is 6.02. The van der Waals surface area contributed by atoms with Crippen molar-refractivity contribution in [1.29, 1.82) is 5.26 Å². The maximum atomic E-state index is 12.0. The van der Waals surface area contributed by atoms with Gasteiger partial charge in [-0.25, -0.2) is 4.98 Å². The van der Waals surface area contributed by atoms with E-state index in [0.29, 0.717) is 12.2 Å². The molecule has 0 unspecified atom stereocenters. The Bertz CT molecular complexity index is 737. The first-order valence-corrected chi connectivity index (χ1v) is 7.57. The van der Waals surface area contributed by atoms with Crippen LogP contribution in [0.15, 0.2) is 30.0 Å². The summed E-state index contributed by atoms with van der Waals surface area (Å²) in [4.78, 5) is 16.6. The summed E-state index contributed by atoms with van der Waals surface area (Å²) in [6.45, 7) is 4.66. The Hall–Kier alpha value is -2.61. The topological polar surface area (TPSA) is 70.2 Å². The molecule has 0 radical (unpaired) electrons. The van der Waals surface area contributed by atoms with E-state index in [2.05, 4.69) is 17.2 Å². The van der Waals surface area contributed by atoms with Crippen LogP contribution >= 0.6 is 0 Å². The molecule has 2 heterocycles. The first-order chi connectivity index (χ1) is 10.7. The molecule has 1 N–H and O–H groups in total. The van der Waals surface area contributed by atoms with Crippen molar-refractivity contribution in [2.24, 2.45) is 0 Å². The molecule has 0 aliphatic rings. The molecule has 0 bridgehead atoms. The van der Waals surface area contributed by atoms with Gasteiger partial charge >= 0.3 is 0 Å². The average Bonchev–Trinajstić information content (AvgIpc) is 2.90. The Labute approximate surface area is 130 Å². The number of imidazole rings is 1. The van der Waals surface area contributed by atoms with Crippen molar-refractivity contribution in [1.82, 2.24) is 14.7 Å². The molecule has 2 aromatic rings. The minimum Gasteiger partial charge on any atom is -0.351 e. The normalized spacial score (nSPS) is 11.4. The van der Waals surface area contributed by atoms with Gasteiger partial charge in [0.05, 0.1) is 11.2 Å². The maximum Gasteiger partial charge on any atom is 0.262 e. The average molecular weight is 296 g/mol. The number of carbonyl (C=O) groups is 1. The van der Waals surface area contributed by atoms with Crippen LogP contribution in [0, 0.1) is 11.3 Å². The number of amides is 1. The molecule has 5 heteroatoms. The predicted molar refractivity (Wildman–Crippen MR) is 86.1 cm³/mol. The van der Waals surface area contributed by atoms with E-state index in [1.165, 1.54) is 0 Å². The number of aromatic nitrogens is 2. The van der Waals surface area contributed by atoms with Crippen molar-refractivity contribution < 1.29 is 4.79 Å². The molecule has 114 valence electrons. The van der Waals surface area contributed by atoms with E-state index in [1.807, 2.05) is 41.8 Å². The van der Waals surface area contributed by atoms with Crippen LogP contribution in [0.4, 0.5) is 0 Å². The van der Waals surface area contributed by atoms with E-state index >= 15 is 0 Å². The lowest BCUT2D eigenvalue weighted by atomic mass is 10.2. The largest absolute Gasteiger partial charge is 0.351 e. The van der Waals surface area contributed by atoms with Crippen LogP contribution < -0.4 is 5.32 Å². The number of nitrogens with zero attached hydrogens (tertiary/aromatic N) is 3. The number of pyridine rings is 1. The van der Waals surface area contributed by atoms with Crippen molar-refractivity contribution in [3.05, 3.63) is 41.5 Å². The monoisotopic (exact) mass is 296 g/mol. The smallest absolute Gasteiger partial charge is 0.262 e. The molecule has 2 rings (SSSR count). The number of nitriles is 1. The Kier molecular flexibility index (Phi) is 5.31. The first-order valence-electron chi connectivity index (χ1n) is 7.57. The van der Waals surface area contributed by atoms with Crippen LogP contribution in [0.5, 0.6) is 0 Å². The van der Waals surface area contributed by atoms with Crippen molar-refractivity contribution in [3.63, 3.8) is 0 Å². The second-order valence-corrected chi connectivity index (χ2v) is 5.00. The van der Waals surface area contributed by atoms with Crippen molar-refractivity contribution >= 4 is 17.5 Å². The number of fused-ring (bicyclic) bond motifs is 1. The van der Waals surface area contributed by atoms with Gasteiger partial charge in [0, 0.05) is 19.2 Å². The van der Waals surface area contributed by atoms with E-state index in [0.717, 1.165) is 30.6 Å². The minimum absolute atomic E-state index is 0.0857. The lowest BCUT2D eigenvalue weighted by Gasteiger charge is -2.02. The van der Waals surface area contributed by atoms with Gasteiger partial charge in [-0.2, -0.15) is 5.26 Å². The fraction of sp³-hybridized carbons (Fsp3) is 0.353. The van der Waals surface area contributed by atoms with Gasteiger partial charge in [-0.05, 0) is 24.6 Å². The van der Waals surface area contributed by atoms with Gasteiger partial charge in [0.15, 0.2) is 0 Å². The van der Waals surface area contributed by atoms with Gasteiger partial charge in [-0.1, -0.05) is 26.3 Å². The summed E-state index contributed by atoms with van der Waals surface area (Å²) in [7, 11) is 0. The molecule has 0 aromatic carbocycles. The molecular formula is C17H20N4O. The molecule has 5 nitrogen and oxygen atoms in total. The van der Waals surface area contributed by atoms with Gasteiger partial charge < -0.3 is 9.72 Å². The van der Waals surface area contributed by atoms with Crippen LogP contribution in [0.2, 0.25) is 0 Å². The molecule has 0 aliphatic heterocycles. The number of aryl methyl sites for hydroxylation is 1. The first kappa shape index (κ1) is 15.8. The summed E-state index contributed by atoms with van der Waals surface area (Å²) in [6.07, 6.45) is 6.18. The summed E-state index contributed by atoms with van der Waals surface area (Å²) >= 11 is 0. The Morgan fingerprint density at radius 2 is 2.27 bits per heavy atom. The quantitative estimate of drug-likeness (QED) is 0.506. The zero-order chi connectivity index (χ0) is 15.9. The molecular weight excluding hydrogens is 276 g/mol. The van der Waals surface area contributed by atoms with Crippen molar-refractivity contribution in [3.8, 4) is 6.07 Å². The summed E-state index contributed by atoms with van der Waals surface area (Å²) in [5.74, 6) is 0.566. The number of nitrogens with one attached hydrogen (secondary N) is 1. The molecule has 0 aliphatic carbocycles. The van der Waals surface area contributed by atoms with Gasteiger partial charge in [-0.15, -0.1) is 0 Å². The van der Waals surface area contributed by atoms with Crippen LogP contribution in [0.1, 0.15) is 38.2 Å². The van der Waals surface area contributed by atoms with Crippen molar-refractivity contribution in [2.75, 3.05) is 6.54 Å². The second-order valence-electron chi connectivity index (χ2n) is 5.00. The van der Waals surface area contributed by atoms with Crippen molar-refractivity contribution in [2.45, 2.75) is 33.1 Å². The van der Waals surface area contributed by atoms with E-state index < -0.39 is 0 Å². The molecule has 22 heavy (non-hydrogen) atoms. The third-order valence-electron chi connectivity index (χ3n) is 3.43. The van der Waals surface area contributed by atoms with Crippen LogP contribution in [-0.2, 0) is 11.2 Å². The van der Waals surface area contributed by atoms with Crippen LogP contribution in [-0.4, -0.2) is 21.8 Å². The second kappa shape index (κ2) is 7.41. The van der Waals surface area contributed by atoms with Gasteiger partial charge in [0.2, 0.25) is 0 Å². The fourth-order valence-electron chi connectivity index (χ4n) is 2.24. The predicted octanol–water partition coefficient (Wildman–Crippen LogP) is 2.72. The molecule has 0 saturated heterocycles. The SMILES string of the molecule is CCCCNC(=O)/C(C#N)=C/c1nc(CC)n2ccccc12. The highest BCUT2D eigenvalue weighted by Crippen LogP contribution is 2.16. The summed E-state index contributed by atoms with van der Waals surface area (Å²) in [5.41, 5.74) is 1.63. The Balaban J connectivity index is 2.34. The maximum absolute atomic E-state index is 12.0. The van der Waals surface area contributed by atoms with Gasteiger partial charge in [0.1, 0.15) is 17.5 Å². The third-order valence-corrected chi connectivity index (χ3v) is 3.43. The summed E-state index contributed by atoms with van der Waals surface area (Å²) < 4.78 is 1.98. The highest BCUT2D eigenvalue weighted by Gasteiger charge is 2.12. The minimum atomic E-state index is -0.342. The van der Waals surface area contributed by atoms with Crippen LogP contribution in [0.25, 0.3) is 11.6 Å². The summed E-state index contributed by atoms with van der Waals surface area (Å²) in [5, 5.41) is 12.0. The Morgan fingerprint density at radius 1 is 1.45 bits per heavy atom. The molecule has 0 fully saturated rings. The molecule has 2 aromatic heterocycles. The van der Waals surface area contributed by atoms with Gasteiger partial charge in [0.25, 0.3) is 5.91 Å². The fourth-order valence-corrected chi connectivity index (χ4v) is 2.24. The lowest BCUT2D eigenvalue weighted by Crippen LogP contribution is -2.25. The third kappa shape index (κ3) is 3.34. The molecule has 1 amide bonds. The summed E-state index contributed by atoms with van der Waals surface area (Å²) in [6, 6.07) is 7.75. The highest BCUT2D eigenvalue weighted by atomic mass is 16.1. The van der Waals surface area contributed by atoms with Crippen LogP contribution in [0.3, 0.4) is 0 Å². The Morgan fingerprint density at radius 3 is 2.95 bits per heavy atom. The van der Waals surface area contributed by atoms with E-state index in [-0.39, 0.29) is 11.5 Å². The number of hydrogen-bond acceptors (Lipinski definition) is 3. The molecule has 0 spiro atoms. The zero-order valence-corrected chi connectivity index (χ0v) is 13.0. The number of rotatable bonds is 6. The number of hydrogen-bond donors (Lipinski definition) is 1. The number of carbonyl (C=O) groups excluding carboxylic acids is 1. The van der Waals surface area contributed by atoms with Gasteiger partial charge in [-0.3, -0.25) is 4.79 Å². The lowest BCUT2D eigenvalue weighted by molar-refractivity contribution is -0.117. The molecule has 0 saturated carbocycles. The number of unbranched alkanes of at least 4 members (excludes halogenated alkanes) is 1. The zero-order valence-electron chi connectivity index (χ0n) is 13.0. The molecule has 0 atom stereocenters. The standard InChI is InChI=1S/C17H20N4O/c1-3-5-9-19-17(22)13(12-18)11-14-15-8-6-7-10-21(15)16(4-2)20-14/h6-8,10-11H,3-5,9H2,1-2H3,(H,19,22)/b13-11+. The van der Waals surface area contributed by atoms with E-state index in [9.17, 15) is 10.1 Å². The van der Waals surface area contributed by atoms with E-state index in [4.69, 9.17) is 0 Å².